The van der Waals surface area contributed by atoms with E-state index in [1.807, 2.05) is 10.7 Å². The van der Waals surface area contributed by atoms with E-state index in [-0.39, 0.29) is 0 Å². The monoisotopic (exact) mass is 223 g/mol. The number of aryl methyl sites for hydroxylation is 1. The van der Waals surface area contributed by atoms with Gasteiger partial charge in [-0.2, -0.15) is 5.10 Å². The molecule has 0 saturated heterocycles. The Morgan fingerprint density at radius 2 is 2.27 bits per heavy atom. The van der Waals surface area contributed by atoms with Gasteiger partial charge < -0.3 is 5.73 Å². The second-order valence-corrected chi connectivity index (χ2v) is 3.85. The number of fused-ring (bicyclic) bond motifs is 1. The zero-order chi connectivity index (χ0) is 10.8. The minimum absolute atomic E-state index is 0.575. The van der Waals surface area contributed by atoms with Crippen LogP contribution in [0.5, 0.6) is 0 Å². The van der Waals surface area contributed by atoms with Gasteiger partial charge in [0.25, 0.3) is 0 Å². The largest absolute Gasteiger partial charge is 0.330 e. The molecule has 0 spiro atoms. The van der Waals surface area contributed by atoms with Crippen molar-refractivity contribution in [2.24, 2.45) is 5.73 Å². The van der Waals surface area contributed by atoms with Gasteiger partial charge in [-0.05, 0) is 37.6 Å². The lowest BCUT2D eigenvalue weighted by molar-refractivity contribution is 0.684. The van der Waals surface area contributed by atoms with Crippen molar-refractivity contribution in [3.63, 3.8) is 0 Å². The van der Waals surface area contributed by atoms with E-state index < -0.39 is 0 Å². The third-order valence-electron chi connectivity index (χ3n) is 2.50. The fourth-order valence-electron chi connectivity index (χ4n) is 1.74. The molecule has 2 rings (SSSR count). The van der Waals surface area contributed by atoms with Gasteiger partial charge in [0.15, 0.2) is 5.15 Å². The first-order valence-corrected chi connectivity index (χ1v) is 5.49. The van der Waals surface area contributed by atoms with Crippen LogP contribution in [-0.2, 0) is 13.0 Å². The van der Waals surface area contributed by atoms with E-state index in [9.17, 15) is 0 Å². The van der Waals surface area contributed by atoms with Crippen LogP contribution in [0, 0.1) is 0 Å². The molecule has 2 aromatic rings. The second-order valence-electron chi connectivity index (χ2n) is 3.50. The van der Waals surface area contributed by atoms with E-state index in [0.717, 1.165) is 23.9 Å². The van der Waals surface area contributed by atoms with Gasteiger partial charge in [-0.3, -0.25) is 4.68 Å². The summed E-state index contributed by atoms with van der Waals surface area (Å²) in [6.07, 6.45) is 0.891. The number of hydrogen-bond donors (Lipinski definition) is 1. The van der Waals surface area contributed by atoms with Crippen LogP contribution in [0.4, 0.5) is 0 Å². The predicted octanol–water partition coefficient (Wildman–Crippen LogP) is 2.21. The smallest absolute Gasteiger partial charge is 0.158 e. The van der Waals surface area contributed by atoms with Gasteiger partial charge in [0.2, 0.25) is 0 Å². The third kappa shape index (κ3) is 1.85. The number of rotatable bonds is 3. The Labute approximate surface area is 93.8 Å². The van der Waals surface area contributed by atoms with Crippen LogP contribution in [0.25, 0.3) is 10.9 Å². The molecule has 80 valence electrons. The van der Waals surface area contributed by atoms with E-state index in [1.54, 1.807) is 0 Å². The third-order valence-corrected chi connectivity index (χ3v) is 2.78. The summed E-state index contributed by atoms with van der Waals surface area (Å²) >= 11 is 6.03. The molecular weight excluding hydrogens is 210 g/mol. The Morgan fingerprint density at radius 1 is 1.47 bits per heavy atom. The molecule has 0 fully saturated rings. The highest BCUT2D eigenvalue weighted by molar-refractivity contribution is 6.34. The molecule has 1 heterocycles. The van der Waals surface area contributed by atoms with Gasteiger partial charge in [-0.25, -0.2) is 0 Å². The molecule has 4 heteroatoms. The van der Waals surface area contributed by atoms with Gasteiger partial charge in [0, 0.05) is 11.9 Å². The highest BCUT2D eigenvalue weighted by Crippen LogP contribution is 2.23. The van der Waals surface area contributed by atoms with Crippen molar-refractivity contribution in [3.05, 3.63) is 28.9 Å². The number of hydrogen-bond acceptors (Lipinski definition) is 2. The lowest BCUT2D eigenvalue weighted by atomic mass is 10.1. The molecule has 0 unspecified atom stereocenters. The molecule has 0 bridgehead atoms. The summed E-state index contributed by atoms with van der Waals surface area (Å²) in [5.74, 6) is 0. The van der Waals surface area contributed by atoms with Crippen molar-refractivity contribution in [2.75, 3.05) is 6.54 Å². The molecule has 0 aliphatic heterocycles. The highest BCUT2D eigenvalue weighted by atomic mass is 35.5. The first-order chi connectivity index (χ1) is 7.26. The molecule has 0 amide bonds. The maximum absolute atomic E-state index is 6.03. The van der Waals surface area contributed by atoms with Crippen molar-refractivity contribution in [1.82, 2.24) is 9.78 Å². The quantitative estimate of drug-likeness (QED) is 0.867. The number of nitrogens with two attached hydrogens (primary N) is 1. The Morgan fingerprint density at radius 3 is 2.93 bits per heavy atom. The minimum atomic E-state index is 0.575. The van der Waals surface area contributed by atoms with E-state index in [1.165, 1.54) is 5.56 Å². The van der Waals surface area contributed by atoms with Crippen LogP contribution in [0.3, 0.4) is 0 Å². The molecule has 0 radical (unpaired) electrons. The Bertz CT molecular complexity index is 476. The topological polar surface area (TPSA) is 43.8 Å². The van der Waals surface area contributed by atoms with E-state index in [0.29, 0.717) is 11.7 Å². The fourth-order valence-corrected chi connectivity index (χ4v) is 1.99. The van der Waals surface area contributed by atoms with E-state index >= 15 is 0 Å². The van der Waals surface area contributed by atoms with E-state index in [4.69, 9.17) is 17.3 Å². The van der Waals surface area contributed by atoms with Crippen molar-refractivity contribution < 1.29 is 0 Å². The molecule has 0 atom stereocenters. The zero-order valence-electron chi connectivity index (χ0n) is 8.70. The van der Waals surface area contributed by atoms with E-state index in [2.05, 4.69) is 24.2 Å². The minimum Gasteiger partial charge on any atom is -0.330 e. The maximum Gasteiger partial charge on any atom is 0.158 e. The number of nitrogens with zero attached hydrogens (tertiary/aromatic N) is 2. The Balaban J connectivity index is 2.58. The standard InChI is InChI=1S/C11H14ClN3/c1-2-15-10-7-8(5-6-13)3-4-9(10)11(12)14-15/h3-4,7H,2,5-6,13H2,1H3. The lowest BCUT2D eigenvalue weighted by Gasteiger charge is -2.01. The molecule has 0 saturated carbocycles. The van der Waals surface area contributed by atoms with Crippen molar-refractivity contribution >= 4 is 22.5 Å². The second kappa shape index (κ2) is 4.21. The normalized spacial score (nSPS) is 11.1. The average Bonchev–Trinajstić information content (AvgIpc) is 2.56. The lowest BCUT2D eigenvalue weighted by Crippen LogP contribution is -2.03. The fraction of sp³-hybridized carbons (Fsp3) is 0.364. The van der Waals surface area contributed by atoms with Crippen LogP contribution in [0.15, 0.2) is 18.2 Å². The summed E-state index contributed by atoms with van der Waals surface area (Å²) in [4.78, 5) is 0. The van der Waals surface area contributed by atoms with Gasteiger partial charge in [-0.15, -0.1) is 0 Å². The number of halogens is 1. The van der Waals surface area contributed by atoms with Gasteiger partial charge in [0.1, 0.15) is 0 Å². The summed E-state index contributed by atoms with van der Waals surface area (Å²) < 4.78 is 1.91. The summed E-state index contributed by atoms with van der Waals surface area (Å²) in [6.45, 7) is 3.55. The molecular formula is C11H14ClN3. The zero-order valence-corrected chi connectivity index (χ0v) is 9.46. The molecule has 1 aromatic carbocycles. The predicted molar refractivity (Wildman–Crippen MR) is 63.2 cm³/mol. The molecule has 1 aromatic heterocycles. The van der Waals surface area contributed by atoms with Gasteiger partial charge >= 0.3 is 0 Å². The van der Waals surface area contributed by atoms with Crippen molar-refractivity contribution in [2.45, 2.75) is 19.9 Å². The summed E-state index contributed by atoms with van der Waals surface area (Å²) in [5, 5.41) is 5.85. The first kappa shape index (κ1) is 10.5. The van der Waals surface area contributed by atoms with Crippen LogP contribution in [0.1, 0.15) is 12.5 Å². The summed E-state index contributed by atoms with van der Waals surface area (Å²) in [6, 6.07) is 6.19. The summed E-state index contributed by atoms with van der Waals surface area (Å²) in [5.41, 5.74) is 7.86. The van der Waals surface area contributed by atoms with Crippen molar-refractivity contribution in [1.29, 1.82) is 0 Å². The van der Waals surface area contributed by atoms with Crippen LogP contribution < -0.4 is 5.73 Å². The molecule has 15 heavy (non-hydrogen) atoms. The summed E-state index contributed by atoms with van der Waals surface area (Å²) in [7, 11) is 0. The van der Waals surface area contributed by atoms with Gasteiger partial charge in [-0.1, -0.05) is 17.7 Å². The van der Waals surface area contributed by atoms with Crippen LogP contribution in [0.2, 0.25) is 5.15 Å². The Hall–Kier alpha value is -1.06. The number of benzene rings is 1. The Kier molecular flexibility index (Phi) is 2.93. The molecule has 0 aliphatic rings. The first-order valence-electron chi connectivity index (χ1n) is 5.11. The average molecular weight is 224 g/mol. The highest BCUT2D eigenvalue weighted by Gasteiger charge is 2.07. The van der Waals surface area contributed by atoms with Crippen molar-refractivity contribution in [3.8, 4) is 0 Å². The van der Waals surface area contributed by atoms with Crippen LogP contribution in [-0.4, -0.2) is 16.3 Å². The molecule has 2 N–H and O–H groups in total. The molecule has 0 aliphatic carbocycles. The van der Waals surface area contributed by atoms with Gasteiger partial charge in [0.05, 0.1) is 5.52 Å². The van der Waals surface area contributed by atoms with Crippen LogP contribution >= 0.6 is 11.6 Å². The molecule has 3 nitrogen and oxygen atoms in total. The number of aromatic nitrogens is 2. The SMILES string of the molecule is CCn1nc(Cl)c2ccc(CCN)cc21. The maximum atomic E-state index is 6.03.